The summed E-state index contributed by atoms with van der Waals surface area (Å²) < 4.78 is 0. The van der Waals surface area contributed by atoms with E-state index in [1.807, 2.05) is 12.1 Å². The summed E-state index contributed by atoms with van der Waals surface area (Å²) >= 11 is 0. The molecule has 0 radical (unpaired) electrons. The van der Waals surface area contributed by atoms with Gasteiger partial charge in [0, 0.05) is 10.9 Å². The van der Waals surface area contributed by atoms with Gasteiger partial charge in [-0.15, -0.1) is 0 Å². The van der Waals surface area contributed by atoms with Crippen LogP contribution in [0.15, 0.2) is 41.2 Å². The topological polar surface area (TPSA) is 83.0 Å². The van der Waals surface area contributed by atoms with Crippen molar-refractivity contribution in [1.82, 2.24) is 10.2 Å². The van der Waals surface area contributed by atoms with Crippen molar-refractivity contribution in [2.75, 3.05) is 0 Å². The smallest absolute Gasteiger partial charge is 0.336 e. The van der Waals surface area contributed by atoms with Gasteiger partial charge in [0.15, 0.2) is 0 Å². The summed E-state index contributed by atoms with van der Waals surface area (Å²) in [6.45, 7) is 3.52. The van der Waals surface area contributed by atoms with Crippen LogP contribution in [0.5, 0.6) is 0 Å². The largest absolute Gasteiger partial charge is 0.478 e. The third-order valence-electron chi connectivity index (χ3n) is 3.72. The number of hydrogen-bond donors (Lipinski definition) is 2. The van der Waals surface area contributed by atoms with E-state index in [1.165, 1.54) is 0 Å². The van der Waals surface area contributed by atoms with E-state index in [1.54, 1.807) is 38.1 Å². The minimum atomic E-state index is -0.944. The van der Waals surface area contributed by atoms with Crippen molar-refractivity contribution in [3.8, 4) is 11.3 Å². The Balaban J connectivity index is 2.32. The molecule has 0 fully saturated rings. The quantitative estimate of drug-likeness (QED) is 0.761. The summed E-state index contributed by atoms with van der Waals surface area (Å²) in [6.07, 6.45) is 0. The van der Waals surface area contributed by atoms with E-state index >= 15 is 0 Å². The Morgan fingerprint density at radius 2 is 1.68 bits per heavy atom. The standard InChI is InChI=1S/C17H14N2O3/c1-9-7-11(8-10(2)14(9)17(21)22)15-12-5-3-4-6-13(12)16(20)19-18-15/h3-8H,1-2H3,(H,19,20)(H,21,22). The van der Waals surface area contributed by atoms with Gasteiger partial charge in [-0.1, -0.05) is 18.2 Å². The average Bonchev–Trinajstić information content (AvgIpc) is 2.46. The van der Waals surface area contributed by atoms with Crippen LogP contribution < -0.4 is 5.56 Å². The highest BCUT2D eigenvalue weighted by atomic mass is 16.4. The van der Waals surface area contributed by atoms with Crippen molar-refractivity contribution in [3.05, 3.63) is 63.4 Å². The van der Waals surface area contributed by atoms with Crippen molar-refractivity contribution in [1.29, 1.82) is 0 Å². The van der Waals surface area contributed by atoms with Crippen LogP contribution in [0.1, 0.15) is 21.5 Å². The van der Waals surface area contributed by atoms with Crippen LogP contribution >= 0.6 is 0 Å². The van der Waals surface area contributed by atoms with Gasteiger partial charge in [0.1, 0.15) is 0 Å². The molecule has 0 amide bonds. The molecule has 2 aromatic carbocycles. The van der Waals surface area contributed by atoms with Gasteiger partial charge in [-0.2, -0.15) is 5.10 Å². The minimum Gasteiger partial charge on any atom is -0.478 e. The van der Waals surface area contributed by atoms with E-state index < -0.39 is 5.97 Å². The van der Waals surface area contributed by atoms with Gasteiger partial charge >= 0.3 is 5.97 Å². The van der Waals surface area contributed by atoms with E-state index in [4.69, 9.17) is 0 Å². The van der Waals surface area contributed by atoms with Gasteiger partial charge in [-0.3, -0.25) is 4.79 Å². The molecule has 5 heteroatoms. The lowest BCUT2D eigenvalue weighted by atomic mass is 9.96. The average molecular weight is 294 g/mol. The van der Waals surface area contributed by atoms with E-state index in [0.717, 1.165) is 10.9 Å². The van der Waals surface area contributed by atoms with Crippen LogP contribution in [0.25, 0.3) is 22.0 Å². The predicted octanol–water partition coefficient (Wildman–Crippen LogP) is 2.91. The van der Waals surface area contributed by atoms with Crippen molar-refractivity contribution in [2.45, 2.75) is 13.8 Å². The molecule has 110 valence electrons. The van der Waals surface area contributed by atoms with Crippen molar-refractivity contribution >= 4 is 16.7 Å². The van der Waals surface area contributed by atoms with Gasteiger partial charge in [0.25, 0.3) is 5.56 Å². The third kappa shape index (κ3) is 2.16. The van der Waals surface area contributed by atoms with Crippen LogP contribution in [0.2, 0.25) is 0 Å². The number of nitrogens with one attached hydrogen (secondary N) is 1. The summed E-state index contributed by atoms with van der Waals surface area (Å²) in [4.78, 5) is 23.1. The van der Waals surface area contributed by atoms with Gasteiger partial charge in [-0.25, -0.2) is 9.89 Å². The lowest BCUT2D eigenvalue weighted by Gasteiger charge is -2.10. The first-order valence-corrected chi connectivity index (χ1v) is 6.81. The number of benzene rings is 2. The maximum atomic E-state index is 11.8. The lowest BCUT2D eigenvalue weighted by Crippen LogP contribution is -2.10. The molecule has 0 aliphatic rings. The molecule has 0 saturated carbocycles. The summed E-state index contributed by atoms with van der Waals surface area (Å²) in [5.74, 6) is -0.944. The fourth-order valence-electron chi connectivity index (χ4n) is 2.77. The first kappa shape index (κ1) is 14.0. The Morgan fingerprint density at radius 3 is 2.27 bits per heavy atom. The fraction of sp³-hybridized carbons (Fsp3) is 0.118. The van der Waals surface area contributed by atoms with Crippen molar-refractivity contribution < 1.29 is 9.90 Å². The van der Waals surface area contributed by atoms with E-state index in [9.17, 15) is 14.7 Å². The maximum Gasteiger partial charge on any atom is 0.336 e. The number of nitrogens with zero attached hydrogens (tertiary/aromatic N) is 1. The maximum absolute atomic E-state index is 11.8. The molecular weight excluding hydrogens is 280 g/mol. The molecule has 0 unspecified atom stereocenters. The highest BCUT2D eigenvalue weighted by Gasteiger charge is 2.15. The van der Waals surface area contributed by atoms with Crippen molar-refractivity contribution in [3.63, 3.8) is 0 Å². The molecule has 22 heavy (non-hydrogen) atoms. The number of aromatic nitrogens is 2. The zero-order chi connectivity index (χ0) is 15.9. The normalized spacial score (nSPS) is 10.8. The number of rotatable bonds is 2. The second-order valence-electron chi connectivity index (χ2n) is 5.24. The van der Waals surface area contributed by atoms with Gasteiger partial charge in [-0.05, 0) is 43.2 Å². The molecule has 3 aromatic rings. The van der Waals surface area contributed by atoms with E-state index in [2.05, 4.69) is 10.2 Å². The number of carboxylic acid groups (broad SMARTS) is 1. The number of aromatic amines is 1. The molecule has 0 saturated heterocycles. The molecule has 0 aliphatic heterocycles. The minimum absolute atomic E-state index is 0.241. The first-order valence-electron chi connectivity index (χ1n) is 6.81. The van der Waals surface area contributed by atoms with Crippen LogP contribution in [-0.2, 0) is 0 Å². The molecule has 0 spiro atoms. The van der Waals surface area contributed by atoms with Crippen LogP contribution in [0.3, 0.4) is 0 Å². The lowest BCUT2D eigenvalue weighted by molar-refractivity contribution is 0.0695. The van der Waals surface area contributed by atoms with Gasteiger partial charge in [0.05, 0.1) is 16.6 Å². The number of hydrogen-bond acceptors (Lipinski definition) is 3. The molecule has 1 aromatic heterocycles. The van der Waals surface area contributed by atoms with E-state index in [0.29, 0.717) is 27.8 Å². The van der Waals surface area contributed by atoms with Crippen LogP contribution in [-0.4, -0.2) is 21.3 Å². The number of aryl methyl sites for hydroxylation is 2. The van der Waals surface area contributed by atoms with Crippen LogP contribution in [0.4, 0.5) is 0 Å². The Labute approximate surface area is 126 Å². The third-order valence-corrected chi connectivity index (χ3v) is 3.72. The summed E-state index contributed by atoms with van der Waals surface area (Å²) in [7, 11) is 0. The molecule has 0 atom stereocenters. The Morgan fingerprint density at radius 1 is 1.09 bits per heavy atom. The Bertz CT molecular complexity index is 935. The predicted molar refractivity (Wildman–Crippen MR) is 84.2 cm³/mol. The summed E-state index contributed by atoms with van der Waals surface area (Å²) in [5, 5.41) is 17.2. The zero-order valence-electron chi connectivity index (χ0n) is 12.2. The van der Waals surface area contributed by atoms with Crippen LogP contribution in [0, 0.1) is 13.8 Å². The molecule has 1 heterocycles. The van der Waals surface area contributed by atoms with Gasteiger partial charge in [0.2, 0.25) is 0 Å². The summed E-state index contributed by atoms with van der Waals surface area (Å²) in [6, 6.07) is 10.8. The monoisotopic (exact) mass is 294 g/mol. The summed E-state index contributed by atoms with van der Waals surface area (Å²) in [5.41, 5.74) is 2.82. The fourth-order valence-corrected chi connectivity index (χ4v) is 2.77. The zero-order valence-corrected chi connectivity index (χ0v) is 12.2. The number of aromatic carboxylic acids is 1. The SMILES string of the molecule is Cc1cc(-c2n[nH]c(=O)c3ccccc23)cc(C)c1C(=O)O. The number of fused-ring (bicyclic) bond motifs is 1. The number of carbonyl (C=O) groups is 1. The molecule has 0 bridgehead atoms. The highest BCUT2D eigenvalue weighted by Crippen LogP contribution is 2.28. The van der Waals surface area contributed by atoms with E-state index in [-0.39, 0.29) is 5.56 Å². The second-order valence-corrected chi connectivity index (χ2v) is 5.24. The second kappa shape index (κ2) is 5.11. The molecule has 2 N–H and O–H groups in total. The Kier molecular flexibility index (Phi) is 3.25. The molecule has 5 nitrogen and oxygen atoms in total. The van der Waals surface area contributed by atoms with Gasteiger partial charge < -0.3 is 5.11 Å². The van der Waals surface area contributed by atoms with Crippen molar-refractivity contribution in [2.24, 2.45) is 0 Å². The molecular formula is C17H14N2O3. The Hall–Kier alpha value is -2.95. The highest BCUT2D eigenvalue weighted by molar-refractivity contribution is 5.96. The number of H-pyrrole nitrogens is 1. The molecule has 0 aliphatic carbocycles. The number of carboxylic acids is 1. The first-order chi connectivity index (χ1) is 10.5. The molecule has 3 rings (SSSR count).